The Hall–Kier alpha value is -2.15. The molecule has 0 bridgehead atoms. The maximum Gasteiger partial charge on any atom is 0.310 e. The lowest BCUT2D eigenvalue weighted by Crippen LogP contribution is -2.31. The highest BCUT2D eigenvalue weighted by atomic mass is 32.1. The molecule has 7 heteroatoms. The van der Waals surface area contributed by atoms with Gasteiger partial charge in [0.25, 0.3) is 11.8 Å². The van der Waals surface area contributed by atoms with Gasteiger partial charge in [0.2, 0.25) is 0 Å². The smallest absolute Gasteiger partial charge is 0.310 e. The molecule has 6 nitrogen and oxygen atoms in total. The van der Waals surface area contributed by atoms with Gasteiger partial charge in [-0.05, 0) is 43.6 Å². The standard InChI is InChI=1S/C18H24N2O4S/c1-9(2)8-12-13(18(12,4)5)17(23)24-10(3)15(22)20-16-11(14(19)21)6-7-25-16/h6-8,10,12-13H,1-5H3,(H2,19,21)(H,20,22)/t10-,12-,13-/m1/s1. The Labute approximate surface area is 151 Å². The van der Waals surface area contributed by atoms with E-state index in [0.29, 0.717) is 5.00 Å². The van der Waals surface area contributed by atoms with Crippen LogP contribution >= 0.6 is 11.3 Å². The van der Waals surface area contributed by atoms with E-state index in [1.165, 1.54) is 24.3 Å². The van der Waals surface area contributed by atoms with Crippen LogP contribution in [0.1, 0.15) is 45.0 Å². The third kappa shape index (κ3) is 4.10. The SMILES string of the molecule is CC(C)=C[C@@H]1[C@H](C(=O)O[C@H](C)C(=O)Nc2sccc2C(N)=O)C1(C)C. The zero-order valence-electron chi connectivity index (χ0n) is 15.1. The van der Waals surface area contributed by atoms with Gasteiger partial charge in [0.15, 0.2) is 6.10 Å². The number of ether oxygens (including phenoxy) is 1. The number of nitrogens with two attached hydrogens (primary N) is 1. The molecule has 3 N–H and O–H groups in total. The van der Waals surface area contributed by atoms with E-state index in [0.717, 1.165) is 5.57 Å². The highest BCUT2D eigenvalue weighted by Gasteiger charge is 2.61. The third-order valence-corrected chi connectivity index (χ3v) is 5.34. The van der Waals surface area contributed by atoms with Crippen LogP contribution in [0.4, 0.5) is 5.00 Å². The molecule has 0 aliphatic heterocycles. The quantitative estimate of drug-likeness (QED) is 0.599. The van der Waals surface area contributed by atoms with Crippen LogP contribution in [0.2, 0.25) is 0 Å². The Morgan fingerprint density at radius 1 is 1.36 bits per heavy atom. The lowest BCUT2D eigenvalue weighted by molar-refractivity contribution is -0.155. The summed E-state index contributed by atoms with van der Waals surface area (Å²) >= 11 is 1.19. The van der Waals surface area contributed by atoms with Crippen molar-refractivity contribution in [3.05, 3.63) is 28.7 Å². The molecule has 136 valence electrons. The predicted octanol–water partition coefficient (Wildman–Crippen LogP) is 2.96. The van der Waals surface area contributed by atoms with Gasteiger partial charge < -0.3 is 15.8 Å². The van der Waals surface area contributed by atoms with E-state index in [1.54, 1.807) is 5.38 Å². The van der Waals surface area contributed by atoms with Crippen molar-refractivity contribution < 1.29 is 19.1 Å². The summed E-state index contributed by atoms with van der Waals surface area (Å²) in [6, 6.07) is 1.54. The number of rotatable bonds is 6. The second kappa shape index (κ2) is 7.00. The van der Waals surface area contributed by atoms with Gasteiger partial charge in [0, 0.05) is 0 Å². The van der Waals surface area contributed by atoms with Gasteiger partial charge in [-0.15, -0.1) is 11.3 Å². The van der Waals surface area contributed by atoms with Crippen molar-refractivity contribution in [1.29, 1.82) is 0 Å². The number of allylic oxidation sites excluding steroid dienone is 2. The number of anilines is 1. The molecule has 1 aromatic heterocycles. The topological polar surface area (TPSA) is 98.5 Å². The molecule has 2 amide bonds. The molecular weight excluding hydrogens is 340 g/mol. The van der Waals surface area contributed by atoms with Gasteiger partial charge in [-0.2, -0.15) is 0 Å². The fourth-order valence-electron chi connectivity index (χ4n) is 2.91. The van der Waals surface area contributed by atoms with Crippen LogP contribution in [0.25, 0.3) is 0 Å². The molecular formula is C18H24N2O4S. The Morgan fingerprint density at radius 3 is 2.56 bits per heavy atom. The van der Waals surface area contributed by atoms with Gasteiger partial charge >= 0.3 is 5.97 Å². The summed E-state index contributed by atoms with van der Waals surface area (Å²) in [6.45, 7) is 9.52. The van der Waals surface area contributed by atoms with Crippen molar-refractivity contribution in [2.75, 3.05) is 5.32 Å². The van der Waals surface area contributed by atoms with Crippen molar-refractivity contribution in [2.24, 2.45) is 23.0 Å². The van der Waals surface area contributed by atoms with Crippen molar-refractivity contribution in [3.63, 3.8) is 0 Å². The molecule has 1 aromatic rings. The first-order valence-electron chi connectivity index (χ1n) is 8.09. The van der Waals surface area contributed by atoms with Gasteiger partial charge in [0.1, 0.15) is 5.00 Å². The summed E-state index contributed by atoms with van der Waals surface area (Å²) in [5, 5.41) is 4.60. The van der Waals surface area contributed by atoms with Crippen LogP contribution in [-0.4, -0.2) is 23.9 Å². The molecule has 3 atom stereocenters. The van der Waals surface area contributed by atoms with Crippen LogP contribution < -0.4 is 11.1 Å². The van der Waals surface area contributed by atoms with Crippen LogP contribution in [0, 0.1) is 17.3 Å². The first kappa shape index (κ1) is 19.2. The van der Waals surface area contributed by atoms with E-state index >= 15 is 0 Å². The van der Waals surface area contributed by atoms with E-state index in [4.69, 9.17) is 10.5 Å². The Morgan fingerprint density at radius 2 is 2.00 bits per heavy atom. The first-order chi connectivity index (χ1) is 11.6. The van der Waals surface area contributed by atoms with Crippen LogP contribution in [0.5, 0.6) is 0 Å². The van der Waals surface area contributed by atoms with E-state index in [9.17, 15) is 14.4 Å². The molecule has 0 unspecified atom stereocenters. The first-order valence-corrected chi connectivity index (χ1v) is 8.97. The molecule has 2 rings (SSSR count). The van der Waals surface area contributed by atoms with E-state index in [2.05, 4.69) is 11.4 Å². The maximum absolute atomic E-state index is 12.4. The summed E-state index contributed by atoms with van der Waals surface area (Å²) in [5.41, 5.74) is 6.47. The molecule has 1 saturated carbocycles. The number of carbonyl (C=O) groups is 3. The number of hydrogen-bond acceptors (Lipinski definition) is 5. The minimum absolute atomic E-state index is 0.124. The van der Waals surface area contributed by atoms with E-state index < -0.39 is 17.9 Å². The lowest BCUT2D eigenvalue weighted by atomic mass is 10.1. The number of esters is 1. The largest absolute Gasteiger partial charge is 0.452 e. The average molecular weight is 364 g/mol. The second-order valence-electron chi connectivity index (χ2n) is 7.16. The van der Waals surface area contributed by atoms with E-state index in [1.807, 2.05) is 27.7 Å². The zero-order chi connectivity index (χ0) is 18.9. The molecule has 1 aliphatic rings. The van der Waals surface area contributed by atoms with Crippen LogP contribution in [-0.2, 0) is 14.3 Å². The van der Waals surface area contributed by atoms with Gasteiger partial charge in [-0.1, -0.05) is 25.5 Å². The zero-order valence-corrected chi connectivity index (χ0v) is 15.9. The van der Waals surface area contributed by atoms with Crippen molar-refractivity contribution >= 4 is 34.1 Å². The minimum Gasteiger partial charge on any atom is -0.452 e. The number of hydrogen-bond donors (Lipinski definition) is 2. The summed E-state index contributed by atoms with van der Waals surface area (Å²) in [5.74, 6) is -1.61. The third-order valence-electron chi connectivity index (χ3n) is 4.51. The summed E-state index contributed by atoms with van der Waals surface area (Å²) in [7, 11) is 0. The molecule has 1 fully saturated rings. The Kier molecular flexibility index (Phi) is 5.37. The maximum atomic E-state index is 12.4. The van der Waals surface area contributed by atoms with E-state index in [-0.39, 0.29) is 28.8 Å². The highest BCUT2D eigenvalue weighted by molar-refractivity contribution is 7.14. The summed E-state index contributed by atoms with van der Waals surface area (Å²) in [6.07, 6.45) is 1.11. The normalized spacial score (nSPS) is 21.8. The number of carbonyl (C=O) groups excluding carboxylic acids is 3. The average Bonchev–Trinajstić information content (AvgIpc) is 2.84. The van der Waals surface area contributed by atoms with Crippen LogP contribution in [0.3, 0.4) is 0 Å². The second-order valence-corrected chi connectivity index (χ2v) is 8.08. The number of amides is 2. The predicted molar refractivity (Wildman–Crippen MR) is 97.2 cm³/mol. The van der Waals surface area contributed by atoms with Crippen LogP contribution in [0.15, 0.2) is 23.1 Å². The lowest BCUT2D eigenvalue weighted by Gasteiger charge is -2.14. The number of thiophene rings is 1. The highest BCUT2D eigenvalue weighted by Crippen LogP contribution is 2.59. The minimum atomic E-state index is -0.959. The molecule has 0 radical (unpaired) electrons. The summed E-state index contributed by atoms with van der Waals surface area (Å²) < 4.78 is 5.34. The Balaban J connectivity index is 1.97. The number of primary amides is 1. The molecule has 0 aromatic carbocycles. The Bertz CT molecular complexity index is 731. The number of nitrogens with one attached hydrogen (secondary N) is 1. The molecule has 0 spiro atoms. The fourth-order valence-corrected chi connectivity index (χ4v) is 3.71. The molecule has 25 heavy (non-hydrogen) atoms. The molecule has 1 aliphatic carbocycles. The van der Waals surface area contributed by atoms with Crippen molar-refractivity contribution in [1.82, 2.24) is 0 Å². The molecule has 0 saturated heterocycles. The van der Waals surface area contributed by atoms with Crippen molar-refractivity contribution in [3.8, 4) is 0 Å². The fraction of sp³-hybridized carbons (Fsp3) is 0.500. The van der Waals surface area contributed by atoms with Gasteiger partial charge in [-0.25, -0.2) is 0 Å². The molecule has 1 heterocycles. The monoisotopic (exact) mass is 364 g/mol. The van der Waals surface area contributed by atoms with Gasteiger partial charge in [-0.3, -0.25) is 14.4 Å². The van der Waals surface area contributed by atoms with Crippen molar-refractivity contribution in [2.45, 2.75) is 40.7 Å². The van der Waals surface area contributed by atoms with Gasteiger partial charge in [0.05, 0.1) is 11.5 Å². The summed E-state index contributed by atoms with van der Waals surface area (Å²) in [4.78, 5) is 35.9.